The van der Waals surface area contributed by atoms with Gasteiger partial charge in [-0.15, -0.1) is 0 Å². The normalized spacial score (nSPS) is 12.7. The van der Waals surface area contributed by atoms with Crippen LogP contribution >= 0.6 is 7.60 Å². The Morgan fingerprint density at radius 1 is 0.865 bits per heavy atom. The van der Waals surface area contributed by atoms with Crippen LogP contribution in [0.15, 0.2) is 97.3 Å². The molecular weight excluding hydrogens is 483 g/mol. The minimum atomic E-state index is -3.29. The first-order chi connectivity index (χ1) is 18.1. The Kier molecular flexibility index (Phi) is 8.68. The second-order valence-corrected chi connectivity index (χ2v) is 10.7. The average Bonchev–Trinajstić information content (AvgIpc) is 3.42. The van der Waals surface area contributed by atoms with Crippen molar-refractivity contribution in [3.63, 3.8) is 0 Å². The molecule has 7 nitrogen and oxygen atoms in total. The summed E-state index contributed by atoms with van der Waals surface area (Å²) in [6.45, 7) is 4.09. The van der Waals surface area contributed by atoms with E-state index >= 15 is 0 Å². The summed E-state index contributed by atoms with van der Waals surface area (Å²) in [5.74, 6) is -0.301. The maximum Gasteiger partial charge on any atom is 0.330 e. The summed E-state index contributed by atoms with van der Waals surface area (Å²) in [7, 11) is -3.29. The van der Waals surface area contributed by atoms with Crippen molar-refractivity contribution < 1.29 is 13.6 Å². The first kappa shape index (κ1) is 26.5. The number of aromatic nitrogens is 3. The zero-order valence-corrected chi connectivity index (χ0v) is 22.0. The van der Waals surface area contributed by atoms with Crippen molar-refractivity contribution in [1.29, 1.82) is 5.26 Å². The largest absolute Gasteiger partial charge is 0.330 e. The Hall–Kier alpha value is -3.56. The van der Waals surface area contributed by atoms with E-state index < -0.39 is 19.1 Å². The number of rotatable bonds is 12. The Labute approximate surface area is 218 Å². The number of nitrogens with zero attached hydrogens (tertiary/aromatic N) is 4. The SMILES string of the molecule is CCOP(=O)(CCC(C#N)c1ncn(C(c2ccccc2)(c2ccccc2)c2ccccc2)n1)OCC. The van der Waals surface area contributed by atoms with Crippen LogP contribution in [0, 0.1) is 11.3 Å². The number of benzene rings is 3. The second kappa shape index (κ2) is 12.1. The first-order valence-corrected chi connectivity index (χ1v) is 14.2. The summed E-state index contributed by atoms with van der Waals surface area (Å²) in [6, 6.07) is 32.7. The summed E-state index contributed by atoms with van der Waals surface area (Å²) in [5, 5.41) is 14.9. The molecule has 0 radical (unpaired) electrons. The molecule has 1 aromatic heterocycles. The van der Waals surface area contributed by atoms with E-state index in [0.717, 1.165) is 16.7 Å². The van der Waals surface area contributed by atoms with Gasteiger partial charge in [0.25, 0.3) is 0 Å². The molecule has 0 aliphatic heterocycles. The third kappa shape index (κ3) is 5.57. The van der Waals surface area contributed by atoms with Gasteiger partial charge < -0.3 is 9.05 Å². The molecule has 0 N–H and O–H groups in total. The lowest BCUT2D eigenvalue weighted by atomic mass is 9.77. The molecule has 0 spiro atoms. The fourth-order valence-electron chi connectivity index (χ4n) is 4.63. The predicted molar refractivity (Wildman–Crippen MR) is 143 cm³/mol. The van der Waals surface area contributed by atoms with Crippen molar-refractivity contribution in [2.45, 2.75) is 31.7 Å². The lowest BCUT2D eigenvalue weighted by Crippen LogP contribution is -2.38. The Balaban J connectivity index is 1.81. The zero-order valence-electron chi connectivity index (χ0n) is 21.1. The molecule has 0 aliphatic rings. The lowest BCUT2D eigenvalue weighted by Gasteiger charge is -2.35. The van der Waals surface area contributed by atoms with Crippen LogP contribution in [-0.2, 0) is 19.2 Å². The van der Waals surface area contributed by atoms with E-state index in [4.69, 9.17) is 14.1 Å². The smallest absolute Gasteiger partial charge is 0.309 e. The van der Waals surface area contributed by atoms with Crippen LogP contribution in [0.5, 0.6) is 0 Å². The van der Waals surface area contributed by atoms with E-state index in [1.807, 2.05) is 59.3 Å². The highest BCUT2D eigenvalue weighted by molar-refractivity contribution is 7.53. The third-order valence-corrected chi connectivity index (χ3v) is 8.35. The van der Waals surface area contributed by atoms with E-state index in [1.165, 1.54) is 0 Å². The molecule has 1 heterocycles. The molecule has 37 heavy (non-hydrogen) atoms. The Bertz CT molecular complexity index is 1250. The van der Waals surface area contributed by atoms with Gasteiger partial charge in [-0.05, 0) is 37.0 Å². The predicted octanol–water partition coefficient (Wildman–Crippen LogP) is 6.38. The Morgan fingerprint density at radius 2 is 1.32 bits per heavy atom. The minimum Gasteiger partial charge on any atom is -0.309 e. The summed E-state index contributed by atoms with van der Waals surface area (Å²) in [5.41, 5.74) is 2.21. The molecule has 8 heteroatoms. The van der Waals surface area contributed by atoms with Crippen LogP contribution in [-0.4, -0.2) is 34.1 Å². The summed E-state index contributed by atoms with van der Waals surface area (Å²) in [4.78, 5) is 4.58. The van der Waals surface area contributed by atoms with Gasteiger partial charge in [0.2, 0.25) is 0 Å². The van der Waals surface area contributed by atoms with Crippen LogP contribution in [0.2, 0.25) is 0 Å². The topological polar surface area (TPSA) is 90.0 Å². The van der Waals surface area contributed by atoms with Gasteiger partial charge in [-0.2, -0.15) is 10.4 Å². The van der Waals surface area contributed by atoms with Gasteiger partial charge in [0.1, 0.15) is 17.8 Å². The third-order valence-electron chi connectivity index (χ3n) is 6.24. The maximum absolute atomic E-state index is 13.0. The molecule has 1 unspecified atom stereocenters. The van der Waals surface area contributed by atoms with E-state index in [2.05, 4.69) is 47.5 Å². The monoisotopic (exact) mass is 514 g/mol. The number of hydrogen-bond acceptors (Lipinski definition) is 6. The van der Waals surface area contributed by atoms with Crippen LogP contribution in [0.3, 0.4) is 0 Å². The van der Waals surface area contributed by atoms with Crippen molar-refractivity contribution >= 4 is 7.60 Å². The van der Waals surface area contributed by atoms with E-state index in [1.54, 1.807) is 20.2 Å². The fourth-order valence-corrected chi connectivity index (χ4v) is 6.32. The van der Waals surface area contributed by atoms with Gasteiger partial charge in [0.15, 0.2) is 5.82 Å². The molecule has 4 rings (SSSR count). The van der Waals surface area contributed by atoms with Gasteiger partial charge in [0.05, 0.1) is 25.4 Å². The molecule has 190 valence electrons. The molecule has 1 atom stereocenters. The highest BCUT2D eigenvalue weighted by atomic mass is 31.2. The van der Waals surface area contributed by atoms with Crippen molar-refractivity contribution in [1.82, 2.24) is 14.8 Å². The lowest BCUT2D eigenvalue weighted by molar-refractivity contribution is 0.219. The molecule has 0 aliphatic carbocycles. The van der Waals surface area contributed by atoms with Gasteiger partial charge in [-0.3, -0.25) is 4.57 Å². The van der Waals surface area contributed by atoms with E-state index in [9.17, 15) is 9.83 Å². The van der Waals surface area contributed by atoms with Crippen LogP contribution in [0.25, 0.3) is 0 Å². The second-order valence-electron chi connectivity index (χ2n) is 8.50. The molecule has 0 amide bonds. The average molecular weight is 515 g/mol. The van der Waals surface area contributed by atoms with Crippen molar-refractivity contribution in [3.05, 3.63) is 120 Å². The van der Waals surface area contributed by atoms with Crippen LogP contribution in [0.1, 0.15) is 48.7 Å². The van der Waals surface area contributed by atoms with Gasteiger partial charge in [-0.25, -0.2) is 9.67 Å². The van der Waals surface area contributed by atoms with Crippen molar-refractivity contribution in [3.8, 4) is 6.07 Å². The van der Waals surface area contributed by atoms with Crippen molar-refractivity contribution in [2.24, 2.45) is 0 Å². The molecule has 0 bridgehead atoms. The fraction of sp³-hybridized carbons (Fsp3) is 0.276. The quantitative estimate of drug-likeness (QED) is 0.161. The molecule has 3 aromatic carbocycles. The highest BCUT2D eigenvalue weighted by Gasteiger charge is 2.40. The van der Waals surface area contributed by atoms with E-state index in [0.29, 0.717) is 5.82 Å². The standard InChI is InChI=1S/C29H31N4O3P/c1-3-35-37(34,36-4-2)21-20-24(22-30)28-31-23-33(32-28)29(25-14-8-5-9-15-25,26-16-10-6-11-17-26)27-18-12-7-13-19-27/h5-19,23-24H,3-4,20-21H2,1-2H3. The van der Waals surface area contributed by atoms with E-state index in [-0.39, 0.29) is 25.8 Å². The summed E-state index contributed by atoms with van der Waals surface area (Å²) in [6.07, 6.45) is 2.05. The summed E-state index contributed by atoms with van der Waals surface area (Å²) >= 11 is 0. The van der Waals surface area contributed by atoms with Gasteiger partial charge >= 0.3 is 7.60 Å². The van der Waals surface area contributed by atoms with Crippen molar-refractivity contribution in [2.75, 3.05) is 19.4 Å². The number of hydrogen-bond donors (Lipinski definition) is 0. The van der Waals surface area contributed by atoms with Gasteiger partial charge in [0, 0.05) is 0 Å². The zero-order chi connectivity index (χ0) is 26.1. The molecule has 0 saturated carbocycles. The molecular formula is C29H31N4O3P. The van der Waals surface area contributed by atoms with Crippen LogP contribution < -0.4 is 0 Å². The van der Waals surface area contributed by atoms with Gasteiger partial charge in [-0.1, -0.05) is 91.0 Å². The minimum absolute atomic E-state index is 0.114. The number of nitriles is 1. The molecule has 0 fully saturated rings. The highest BCUT2D eigenvalue weighted by Crippen LogP contribution is 2.49. The van der Waals surface area contributed by atoms with Crippen LogP contribution in [0.4, 0.5) is 0 Å². The summed E-state index contributed by atoms with van der Waals surface area (Å²) < 4.78 is 25.6. The molecule has 0 saturated heterocycles. The Morgan fingerprint density at radius 3 is 1.73 bits per heavy atom. The maximum atomic E-state index is 13.0. The molecule has 4 aromatic rings. The first-order valence-electron chi connectivity index (χ1n) is 12.4.